The summed E-state index contributed by atoms with van der Waals surface area (Å²) >= 11 is 0. The minimum absolute atomic E-state index is 0.0184. The first kappa shape index (κ1) is 16.8. The van der Waals surface area contributed by atoms with E-state index in [0.29, 0.717) is 11.5 Å². The molecule has 2 aromatic carbocycles. The van der Waals surface area contributed by atoms with Gasteiger partial charge in [-0.25, -0.2) is 4.39 Å². The predicted molar refractivity (Wildman–Crippen MR) is 88.1 cm³/mol. The van der Waals surface area contributed by atoms with Gasteiger partial charge < -0.3 is 15.2 Å². The van der Waals surface area contributed by atoms with Gasteiger partial charge in [-0.2, -0.15) is 10.4 Å². The van der Waals surface area contributed by atoms with Crippen LogP contribution in [-0.2, 0) is 0 Å². The lowest BCUT2D eigenvalue weighted by Crippen LogP contribution is -2.21. The molecule has 0 heterocycles. The molecule has 8 heteroatoms. The number of benzene rings is 2. The Bertz CT molecular complexity index is 829. The minimum atomic E-state index is -0.626. The highest BCUT2D eigenvalue weighted by atomic mass is 19.1. The summed E-state index contributed by atoms with van der Waals surface area (Å²) in [5.74, 6) is -0.0724. The van der Waals surface area contributed by atoms with Crippen molar-refractivity contribution in [1.29, 1.82) is 10.7 Å². The maximum atomic E-state index is 14.1. The lowest BCUT2D eigenvalue weighted by Gasteiger charge is -2.09. The van der Waals surface area contributed by atoms with E-state index in [2.05, 4.69) is 10.5 Å². The molecule has 2 aromatic rings. The molecule has 7 nitrogen and oxygen atoms in total. The van der Waals surface area contributed by atoms with Crippen molar-refractivity contribution in [1.82, 2.24) is 0 Å². The second kappa shape index (κ2) is 7.60. The van der Waals surface area contributed by atoms with Crippen LogP contribution in [0.2, 0.25) is 0 Å². The molecule has 0 amide bonds. The average Bonchev–Trinajstić information content (AvgIpc) is 2.57. The number of hydrogen-bond acceptors (Lipinski definition) is 6. The van der Waals surface area contributed by atoms with Crippen molar-refractivity contribution in [2.24, 2.45) is 10.8 Å². The Morgan fingerprint density at radius 1 is 1.29 bits per heavy atom. The van der Waals surface area contributed by atoms with Crippen LogP contribution in [0.25, 0.3) is 0 Å². The Labute approximate surface area is 137 Å². The fourth-order valence-electron chi connectivity index (χ4n) is 1.71. The van der Waals surface area contributed by atoms with E-state index < -0.39 is 11.7 Å². The highest BCUT2D eigenvalue weighted by Gasteiger charge is 2.07. The van der Waals surface area contributed by atoms with Gasteiger partial charge in [-0.3, -0.25) is 10.8 Å². The first-order valence-corrected chi connectivity index (χ1v) is 6.73. The molecule has 24 heavy (non-hydrogen) atoms. The van der Waals surface area contributed by atoms with E-state index in [4.69, 9.17) is 25.9 Å². The third kappa shape index (κ3) is 4.20. The van der Waals surface area contributed by atoms with Gasteiger partial charge in [0.1, 0.15) is 17.6 Å². The molecule has 0 fully saturated rings. The van der Waals surface area contributed by atoms with Gasteiger partial charge in [-0.15, -0.1) is 0 Å². The molecule has 0 aliphatic rings. The Hall–Kier alpha value is -3.60. The Kier molecular flexibility index (Phi) is 5.31. The Balaban J connectivity index is 2.15. The van der Waals surface area contributed by atoms with Crippen molar-refractivity contribution in [3.05, 3.63) is 48.3 Å². The Morgan fingerprint density at radius 2 is 2.04 bits per heavy atom. The summed E-state index contributed by atoms with van der Waals surface area (Å²) < 4.78 is 24.6. The van der Waals surface area contributed by atoms with E-state index in [9.17, 15) is 4.39 Å². The van der Waals surface area contributed by atoms with Crippen LogP contribution in [0.15, 0.2) is 47.6 Å². The minimum Gasteiger partial charge on any atom is -0.497 e. The van der Waals surface area contributed by atoms with Gasteiger partial charge in [0.2, 0.25) is 5.71 Å². The number of amidine groups is 1. The summed E-state index contributed by atoms with van der Waals surface area (Å²) in [5, 5.41) is 19.5. The number of rotatable bonds is 6. The van der Waals surface area contributed by atoms with Crippen molar-refractivity contribution in [2.45, 2.75) is 0 Å². The lowest BCUT2D eigenvalue weighted by atomic mass is 10.3. The molecule has 0 unspecified atom stereocenters. The highest BCUT2D eigenvalue weighted by Crippen LogP contribution is 2.28. The zero-order valence-electron chi connectivity index (χ0n) is 12.7. The van der Waals surface area contributed by atoms with Gasteiger partial charge in [0, 0.05) is 12.1 Å². The SMILES string of the molecule is COc1cccc(Oc2ccc(N/N=C(\C#N)C(=N)N)cc2F)c1. The van der Waals surface area contributed by atoms with Crippen molar-refractivity contribution in [3.63, 3.8) is 0 Å². The zero-order valence-corrected chi connectivity index (χ0v) is 12.7. The first-order valence-electron chi connectivity index (χ1n) is 6.73. The van der Waals surface area contributed by atoms with Crippen LogP contribution in [0.3, 0.4) is 0 Å². The number of hydrazone groups is 1. The maximum absolute atomic E-state index is 14.1. The summed E-state index contributed by atoms with van der Waals surface area (Å²) in [7, 11) is 1.53. The van der Waals surface area contributed by atoms with E-state index in [1.807, 2.05) is 0 Å². The number of ether oxygens (including phenoxy) is 2. The molecule has 0 atom stereocenters. The predicted octanol–water partition coefficient (Wildman–Crippen LogP) is 2.85. The topological polar surface area (TPSA) is 117 Å². The average molecular weight is 327 g/mol. The van der Waals surface area contributed by atoms with Gasteiger partial charge in [-0.05, 0) is 24.3 Å². The van der Waals surface area contributed by atoms with Crippen LogP contribution in [0.1, 0.15) is 0 Å². The van der Waals surface area contributed by atoms with Crippen LogP contribution >= 0.6 is 0 Å². The van der Waals surface area contributed by atoms with Crippen molar-refractivity contribution in [2.75, 3.05) is 12.5 Å². The summed E-state index contributed by atoms with van der Waals surface area (Å²) in [6.45, 7) is 0. The van der Waals surface area contributed by atoms with Crippen LogP contribution in [-0.4, -0.2) is 18.7 Å². The van der Waals surface area contributed by atoms with Crippen LogP contribution in [0, 0.1) is 22.6 Å². The van der Waals surface area contributed by atoms with Crippen molar-refractivity contribution >= 4 is 17.2 Å². The number of methoxy groups -OCH3 is 1. The fraction of sp³-hybridized carbons (Fsp3) is 0.0625. The number of nitrogens with two attached hydrogens (primary N) is 1. The maximum Gasteiger partial charge on any atom is 0.201 e. The number of nitrogens with zero attached hydrogens (tertiary/aromatic N) is 2. The van der Waals surface area contributed by atoms with E-state index in [-0.39, 0.29) is 17.1 Å². The fourth-order valence-corrected chi connectivity index (χ4v) is 1.71. The van der Waals surface area contributed by atoms with Gasteiger partial charge in [0.15, 0.2) is 17.4 Å². The Morgan fingerprint density at radius 3 is 2.67 bits per heavy atom. The first-order chi connectivity index (χ1) is 11.5. The quantitative estimate of drug-likeness (QED) is 0.428. The van der Waals surface area contributed by atoms with Gasteiger partial charge >= 0.3 is 0 Å². The summed E-state index contributed by atoms with van der Waals surface area (Å²) in [6.07, 6.45) is 0. The monoisotopic (exact) mass is 327 g/mol. The normalized spacial score (nSPS) is 10.6. The molecule has 0 saturated heterocycles. The van der Waals surface area contributed by atoms with Gasteiger partial charge in [0.05, 0.1) is 12.8 Å². The number of anilines is 1. The van der Waals surface area contributed by atoms with Crippen molar-refractivity contribution in [3.8, 4) is 23.3 Å². The number of nitriles is 1. The standard InChI is InChI=1S/C16H14FN5O2/c1-23-11-3-2-4-12(8-11)24-15-6-5-10(7-13(15)17)21-22-14(9-18)16(19)20/h2-8,21H,1H3,(H3,19,20)/b22-14+. The molecular formula is C16H14FN5O2. The highest BCUT2D eigenvalue weighted by molar-refractivity contribution is 6.45. The van der Waals surface area contributed by atoms with Gasteiger partial charge in [0.25, 0.3) is 0 Å². The van der Waals surface area contributed by atoms with E-state index in [0.717, 1.165) is 6.07 Å². The third-order valence-electron chi connectivity index (χ3n) is 2.86. The number of nitrogens with one attached hydrogen (secondary N) is 2. The smallest absolute Gasteiger partial charge is 0.201 e. The van der Waals surface area contributed by atoms with E-state index in [1.54, 1.807) is 30.3 Å². The van der Waals surface area contributed by atoms with E-state index in [1.165, 1.54) is 19.2 Å². The zero-order chi connectivity index (χ0) is 17.5. The molecule has 0 aliphatic carbocycles. The summed E-state index contributed by atoms with van der Waals surface area (Å²) in [6, 6.07) is 12.5. The largest absolute Gasteiger partial charge is 0.497 e. The third-order valence-corrected chi connectivity index (χ3v) is 2.86. The number of halogens is 1. The molecule has 0 spiro atoms. The van der Waals surface area contributed by atoms with Gasteiger partial charge in [-0.1, -0.05) is 6.07 Å². The molecule has 2 rings (SSSR count). The van der Waals surface area contributed by atoms with Crippen LogP contribution < -0.4 is 20.6 Å². The van der Waals surface area contributed by atoms with Crippen LogP contribution in [0.4, 0.5) is 10.1 Å². The second-order valence-corrected chi connectivity index (χ2v) is 4.52. The summed E-state index contributed by atoms with van der Waals surface area (Å²) in [5.41, 5.74) is 7.60. The summed E-state index contributed by atoms with van der Waals surface area (Å²) in [4.78, 5) is 0. The molecular weight excluding hydrogens is 313 g/mol. The van der Waals surface area contributed by atoms with Crippen LogP contribution in [0.5, 0.6) is 17.2 Å². The molecule has 0 aromatic heterocycles. The van der Waals surface area contributed by atoms with Crippen molar-refractivity contribution < 1.29 is 13.9 Å². The van der Waals surface area contributed by atoms with E-state index >= 15 is 0 Å². The molecule has 4 N–H and O–H groups in total. The molecule has 0 aliphatic heterocycles. The molecule has 0 bridgehead atoms. The lowest BCUT2D eigenvalue weighted by molar-refractivity contribution is 0.405. The number of hydrogen-bond donors (Lipinski definition) is 3. The molecule has 0 saturated carbocycles. The molecule has 0 radical (unpaired) electrons. The second-order valence-electron chi connectivity index (χ2n) is 4.52. The molecule has 122 valence electrons.